The lowest BCUT2D eigenvalue weighted by molar-refractivity contribution is 0.0519. The molecule has 1 aromatic carbocycles. The number of anilines is 2. The van der Waals surface area contributed by atoms with Gasteiger partial charge in [0, 0.05) is 5.69 Å². The Hall–Kier alpha value is -2.30. The number of para-hydroxylation sites is 1. The number of carbonyl (C=O) groups excluding carboxylic acids is 1. The smallest absolute Gasteiger partial charge is 0.360 e. The zero-order valence-electron chi connectivity index (χ0n) is 12.6. The minimum absolute atomic E-state index is 0.173. The van der Waals surface area contributed by atoms with Crippen LogP contribution in [0, 0.1) is 0 Å². The minimum atomic E-state index is -0.478. The van der Waals surface area contributed by atoms with Crippen molar-refractivity contribution in [3.8, 4) is 0 Å². The molecule has 5 heteroatoms. The van der Waals surface area contributed by atoms with E-state index in [2.05, 4.69) is 36.3 Å². The van der Waals surface area contributed by atoms with Crippen LogP contribution in [-0.4, -0.2) is 17.6 Å². The fourth-order valence-electron chi connectivity index (χ4n) is 2.14. The number of benzene rings is 1. The highest BCUT2D eigenvalue weighted by Crippen LogP contribution is 2.26. The van der Waals surface area contributed by atoms with E-state index in [1.807, 2.05) is 6.07 Å². The van der Waals surface area contributed by atoms with Crippen molar-refractivity contribution in [3.05, 3.63) is 41.3 Å². The molecular weight excluding hydrogens is 268 g/mol. The topological polar surface area (TPSA) is 64.4 Å². The molecule has 1 aromatic heterocycles. The number of rotatable bonds is 6. The number of hydrogen-bond acceptors (Lipinski definition) is 5. The summed E-state index contributed by atoms with van der Waals surface area (Å²) in [4.78, 5) is 15.7. The molecule has 1 N–H and O–H groups in total. The Bertz CT molecular complexity index is 597. The van der Waals surface area contributed by atoms with Crippen molar-refractivity contribution in [2.45, 2.75) is 33.6 Å². The quantitative estimate of drug-likeness (QED) is 0.821. The Morgan fingerprint density at radius 1 is 1.24 bits per heavy atom. The lowest BCUT2D eigenvalue weighted by Gasteiger charge is -2.12. The number of nitrogens with one attached hydrogen (secondary N) is 1. The molecule has 2 rings (SSSR count). The van der Waals surface area contributed by atoms with E-state index in [1.54, 1.807) is 6.92 Å². The Morgan fingerprint density at radius 3 is 2.48 bits per heavy atom. The number of aryl methyl sites for hydroxylation is 2. The highest BCUT2D eigenvalue weighted by molar-refractivity contribution is 5.87. The molecule has 5 nitrogen and oxygen atoms in total. The van der Waals surface area contributed by atoms with Gasteiger partial charge in [0.15, 0.2) is 5.69 Å². The van der Waals surface area contributed by atoms with Gasteiger partial charge >= 0.3 is 5.97 Å². The van der Waals surface area contributed by atoms with Gasteiger partial charge in [0.25, 0.3) is 6.01 Å². The average Bonchev–Trinajstić information content (AvgIpc) is 2.96. The summed E-state index contributed by atoms with van der Waals surface area (Å²) in [6.07, 6.45) is 3.11. The SMILES string of the molecule is CCOC(=O)c1coc(Nc2c(CC)cccc2CC)n1. The Kier molecular flexibility index (Phi) is 4.98. The molecular formula is C16H20N2O3. The molecule has 0 bridgehead atoms. The van der Waals surface area contributed by atoms with E-state index < -0.39 is 5.97 Å². The maximum absolute atomic E-state index is 11.6. The van der Waals surface area contributed by atoms with Gasteiger partial charge < -0.3 is 14.5 Å². The fraction of sp³-hybridized carbons (Fsp3) is 0.375. The Balaban J connectivity index is 2.24. The molecule has 0 unspecified atom stereocenters. The summed E-state index contributed by atoms with van der Waals surface area (Å²) >= 11 is 0. The van der Waals surface area contributed by atoms with Gasteiger partial charge in [-0.1, -0.05) is 32.0 Å². The molecule has 0 atom stereocenters. The summed E-state index contributed by atoms with van der Waals surface area (Å²) in [5.74, 6) is -0.478. The predicted octanol–water partition coefficient (Wildman–Crippen LogP) is 3.72. The van der Waals surface area contributed by atoms with Crippen molar-refractivity contribution in [2.75, 3.05) is 11.9 Å². The van der Waals surface area contributed by atoms with Crippen molar-refractivity contribution in [1.82, 2.24) is 4.98 Å². The lowest BCUT2D eigenvalue weighted by atomic mass is 10.0. The van der Waals surface area contributed by atoms with Crippen LogP contribution in [0.2, 0.25) is 0 Å². The van der Waals surface area contributed by atoms with Gasteiger partial charge in [0.05, 0.1) is 6.61 Å². The third-order valence-electron chi connectivity index (χ3n) is 3.22. The van der Waals surface area contributed by atoms with E-state index in [-0.39, 0.29) is 5.69 Å². The second-order valence-corrected chi connectivity index (χ2v) is 4.54. The zero-order chi connectivity index (χ0) is 15.2. The molecule has 0 amide bonds. The van der Waals surface area contributed by atoms with Crippen LogP contribution in [0.4, 0.5) is 11.7 Å². The summed E-state index contributed by atoms with van der Waals surface area (Å²) < 4.78 is 10.2. The molecule has 0 fully saturated rings. The Labute approximate surface area is 124 Å². The van der Waals surface area contributed by atoms with Crippen LogP contribution in [0.25, 0.3) is 0 Å². The zero-order valence-corrected chi connectivity index (χ0v) is 12.6. The van der Waals surface area contributed by atoms with E-state index in [0.717, 1.165) is 18.5 Å². The normalized spacial score (nSPS) is 10.4. The van der Waals surface area contributed by atoms with Crippen LogP contribution < -0.4 is 5.32 Å². The van der Waals surface area contributed by atoms with Crippen LogP contribution in [0.3, 0.4) is 0 Å². The number of ether oxygens (including phenoxy) is 1. The molecule has 21 heavy (non-hydrogen) atoms. The van der Waals surface area contributed by atoms with Gasteiger partial charge in [-0.15, -0.1) is 0 Å². The number of nitrogens with zero attached hydrogens (tertiary/aromatic N) is 1. The number of aromatic nitrogens is 1. The van der Waals surface area contributed by atoms with Crippen LogP contribution in [0.15, 0.2) is 28.9 Å². The summed E-state index contributed by atoms with van der Waals surface area (Å²) in [6.45, 7) is 6.26. The third-order valence-corrected chi connectivity index (χ3v) is 3.22. The fourth-order valence-corrected chi connectivity index (χ4v) is 2.14. The molecule has 0 aliphatic heterocycles. The molecule has 0 aliphatic rings. The number of oxazole rings is 1. The first kappa shape index (κ1) is 15.1. The lowest BCUT2D eigenvalue weighted by Crippen LogP contribution is -2.05. The summed E-state index contributed by atoms with van der Waals surface area (Å²) in [6, 6.07) is 6.48. The highest BCUT2D eigenvalue weighted by Gasteiger charge is 2.15. The second kappa shape index (κ2) is 6.92. The summed E-state index contributed by atoms with van der Waals surface area (Å²) in [7, 11) is 0. The first-order valence-corrected chi connectivity index (χ1v) is 7.20. The highest BCUT2D eigenvalue weighted by atomic mass is 16.5. The van der Waals surface area contributed by atoms with Gasteiger partial charge in [-0.05, 0) is 30.9 Å². The van der Waals surface area contributed by atoms with Crippen LogP contribution >= 0.6 is 0 Å². The summed E-state index contributed by atoms with van der Waals surface area (Å²) in [5, 5.41) is 3.17. The molecule has 1 heterocycles. The van der Waals surface area contributed by atoms with Crippen molar-refractivity contribution in [1.29, 1.82) is 0 Å². The van der Waals surface area contributed by atoms with Crippen molar-refractivity contribution < 1.29 is 13.9 Å². The molecule has 0 saturated heterocycles. The molecule has 0 aliphatic carbocycles. The third kappa shape index (κ3) is 3.42. The van der Waals surface area contributed by atoms with E-state index in [0.29, 0.717) is 12.6 Å². The first-order chi connectivity index (χ1) is 10.2. The largest absolute Gasteiger partial charge is 0.461 e. The maximum atomic E-state index is 11.6. The average molecular weight is 288 g/mol. The van der Waals surface area contributed by atoms with E-state index in [4.69, 9.17) is 9.15 Å². The predicted molar refractivity (Wildman–Crippen MR) is 80.9 cm³/mol. The molecule has 2 aromatic rings. The van der Waals surface area contributed by atoms with Crippen molar-refractivity contribution in [3.63, 3.8) is 0 Å². The number of esters is 1. The molecule has 0 radical (unpaired) electrons. The molecule has 0 spiro atoms. The first-order valence-electron chi connectivity index (χ1n) is 7.20. The molecule has 0 saturated carbocycles. The number of carbonyl (C=O) groups is 1. The van der Waals surface area contributed by atoms with Gasteiger partial charge in [-0.3, -0.25) is 0 Å². The maximum Gasteiger partial charge on any atom is 0.360 e. The minimum Gasteiger partial charge on any atom is -0.461 e. The second-order valence-electron chi connectivity index (χ2n) is 4.54. The number of hydrogen-bond donors (Lipinski definition) is 1. The molecule has 112 valence electrons. The van der Waals surface area contributed by atoms with Crippen LogP contribution in [-0.2, 0) is 17.6 Å². The van der Waals surface area contributed by atoms with E-state index in [9.17, 15) is 4.79 Å². The van der Waals surface area contributed by atoms with Crippen molar-refractivity contribution in [2.24, 2.45) is 0 Å². The van der Waals surface area contributed by atoms with E-state index >= 15 is 0 Å². The summed E-state index contributed by atoms with van der Waals surface area (Å²) in [5.41, 5.74) is 3.54. The standard InChI is InChI=1S/C16H20N2O3/c1-4-11-8-7-9-12(5-2)14(11)18-16-17-13(10-21-16)15(19)20-6-3/h7-10H,4-6H2,1-3H3,(H,17,18). The van der Waals surface area contributed by atoms with Crippen LogP contribution in [0.5, 0.6) is 0 Å². The monoisotopic (exact) mass is 288 g/mol. The Morgan fingerprint density at radius 2 is 1.90 bits per heavy atom. The van der Waals surface area contributed by atoms with Gasteiger partial charge in [0.2, 0.25) is 0 Å². The van der Waals surface area contributed by atoms with E-state index in [1.165, 1.54) is 17.4 Å². The van der Waals surface area contributed by atoms with Gasteiger partial charge in [-0.25, -0.2) is 4.79 Å². The van der Waals surface area contributed by atoms with Crippen LogP contribution in [0.1, 0.15) is 42.4 Å². The van der Waals surface area contributed by atoms with Crippen molar-refractivity contribution >= 4 is 17.7 Å². The van der Waals surface area contributed by atoms with Gasteiger partial charge in [-0.2, -0.15) is 4.98 Å². The van der Waals surface area contributed by atoms with Gasteiger partial charge in [0.1, 0.15) is 6.26 Å².